The number of hydrogen-bond acceptors (Lipinski definition) is 4. The van der Waals surface area contributed by atoms with Crippen LogP contribution in [0.25, 0.3) is 5.82 Å². The van der Waals surface area contributed by atoms with Crippen LogP contribution in [-0.2, 0) is 0 Å². The molecule has 0 radical (unpaired) electrons. The number of nitrogens with one attached hydrogen (secondary N) is 1. The van der Waals surface area contributed by atoms with E-state index < -0.39 is 0 Å². The van der Waals surface area contributed by atoms with E-state index in [9.17, 15) is 5.11 Å². The van der Waals surface area contributed by atoms with Gasteiger partial charge < -0.3 is 10.4 Å². The van der Waals surface area contributed by atoms with Crippen LogP contribution in [0.2, 0.25) is 0 Å². The van der Waals surface area contributed by atoms with Gasteiger partial charge in [-0.15, -0.1) is 0 Å². The number of rotatable bonds is 4. The largest absolute Gasteiger partial charge is 0.393 e. The molecule has 3 rings (SSSR count). The summed E-state index contributed by atoms with van der Waals surface area (Å²) in [6.07, 6.45) is 7.48. The fourth-order valence-corrected chi connectivity index (χ4v) is 3.24. The van der Waals surface area contributed by atoms with Crippen molar-refractivity contribution in [3.05, 3.63) is 41.9 Å². The van der Waals surface area contributed by atoms with E-state index in [4.69, 9.17) is 0 Å². The third kappa shape index (κ3) is 3.20. The number of aliphatic hydroxyl groups excluding tert-OH is 1. The molecule has 1 atom stereocenters. The molecular weight excluding hydrogens is 276 g/mol. The Morgan fingerprint density at radius 2 is 2.05 bits per heavy atom. The molecule has 118 valence electrons. The van der Waals surface area contributed by atoms with E-state index >= 15 is 0 Å². The number of hydrogen-bond donors (Lipinski definition) is 2. The van der Waals surface area contributed by atoms with Gasteiger partial charge in [0.25, 0.3) is 0 Å². The molecule has 0 aromatic carbocycles. The lowest BCUT2D eigenvalue weighted by Crippen LogP contribution is -2.36. The van der Waals surface area contributed by atoms with Gasteiger partial charge in [0.1, 0.15) is 0 Å². The molecule has 0 amide bonds. The quantitative estimate of drug-likeness (QED) is 0.911. The summed E-state index contributed by atoms with van der Waals surface area (Å²) in [7, 11) is 0. The number of aromatic nitrogens is 3. The first-order valence-corrected chi connectivity index (χ1v) is 8.05. The van der Waals surface area contributed by atoms with Crippen molar-refractivity contribution < 1.29 is 5.11 Å². The molecule has 1 aliphatic rings. The zero-order valence-electron chi connectivity index (χ0n) is 13.2. The highest BCUT2D eigenvalue weighted by Crippen LogP contribution is 2.24. The summed E-state index contributed by atoms with van der Waals surface area (Å²) in [6, 6.07) is 6.57. The van der Waals surface area contributed by atoms with Crippen molar-refractivity contribution in [3.63, 3.8) is 0 Å². The summed E-state index contributed by atoms with van der Waals surface area (Å²) < 4.78 is 1.89. The standard InChI is InChI=1S/C17H24N4O/c1-12(20-14-6-8-15(22)9-7-14)16-11-19-21(13(16)2)17-5-3-4-10-18-17/h3-5,10-12,14-15,20,22H,6-9H2,1-2H3. The first kappa shape index (κ1) is 15.2. The minimum atomic E-state index is -0.109. The summed E-state index contributed by atoms with van der Waals surface area (Å²) in [4.78, 5) is 4.36. The van der Waals surface area contributed by atoms with Crippen molar-refractivity contribution in [3.8, 4) is 5.82 Å². The Balaban J connectivity index is 1.71. The van der Waals surface area contributed by atoms with Gasteiger partial charge in [-0.1, -0.05) is 6.07 Å². The van der Waals surface area contributed by atoms with Crippen LogP contribution in [0.4, 0.5) is 0 Å². The highest BCUT2D eigenvalue weighted by Gasteiger charge is 2.22. The molecule has 2 aromatic heterocycles. The van der Waals surface area contributed by atoms with Crippen molar-refractivity contribution in [1.29, 1.82) is 0 Å². The number of nitrogens with zero attached hydrogens (tertiary/aromatic N) is 3. The maximum Gasteiger partial charge on any atom is 0.153 e. The Hall–Kier alpha value is -1.72. The molecule has 2 N–H and O–H groups in total. The molecule has 0 spiro atoms. The maximum absolute atomic E-state index is 9.60. The molecule has 1 unspecified atom stereocenters. The van der Waals surface area contributed by atoms with Crippen LogP contribution in [0.1, 0.15) is 49.9 Å². The molecule has 1 aliphatic carbocycles. The van der Waals surface area contributed by atoms with Crippen LogP contribution >= 0.6 is 0 Å². The molecule has 0 aliphatic heterocycles. The Labute approximate surface area is 131 Å². The molecular formula is C17H24N4O. The monoisotopic (exact) mass is 300 g/mol. The van der Waals surface area contributed by atoms with Gasteiger partial charge in [-0.3, -0.25) is 0 Å². The van der Waals surface area contributed by atoms with Gasteiger partial charge in [0, 0.05) is 29.5 Å². The van der Waals surface area contributed by atoms with Crippen LogP contribution in [-0.4, -0.2) is 32.0 Å². The van der Waals surface area contributed by atoms with E-state index in [0.29, 0.717) is 6.04 Å². The van der Waals surface area contributed by atoms with Gasteiger partial charge in [0.05, 0.1) is 12.3 Å². The highest BCUT2D eigenvalue weighted by molar-refractivity contribution is 5.29. The molecule has 1 fully saturated rings. The minimum Gasteiger partial charge on any atom is -0.393 e. The lowest BCUT2D eigenvalue weighted by atomic mass is 9.92. The molecule has 0 saturated heterocycles. The summed E-state index contributed by atoms with van der Waals surface area (Å²) >= 11 is 0. The second-order valence-electron chi connectivity index (χ2n) is 6.18. The van der Waals surface area contributed by atoms with Crippen molar-refractivity contribution in [2.75, 3.05) is 0 Å². The van der Waals surface area contributed by atoms with E-state index in [1.54, 1.807) is 6.20 Å². The predicted molar refractivity (Wildman–Crippen MR) is 85.9 cm³/mol. The molecule has 5 heteroatoms. The highest BCUT2D eigenvalue weighted by atomic mass is 16.3. The topological polar surface area (TPSA) is 63.0 Å². The third-order valence-electron chi connectivity index (χ3n) is 4.56. The van der Waals surface area contributed by atoms with Gasteiger partial charge in [0.2, 0.25) is 0 Å². The normalized spacial score (nSPS) is 23.4. The number of aliphatic hydroxyl groups is 1. The molecule has 22 heavy (non-hydrogen) atoms. The van der Waals surface area contributed by atoms with Gasteiger partial charge in [-0.05, 0) is 51.7 Å². The lowest BCUT2D eigenvalue weighted by Gasteiger charge is -2.29. The van der Waals surface area contributed by atoms with Gasteiger partial charge in [-0.25, -0.2) is 9.67 Å². The average molecular weight is 300 g/mol. The molecule has 0 bridgehead atoms. The van der Waals surface area contributed by atoms with E-state index in [1.807, 2.05) is 29.1 Å². The van der Waals surface area contributed by atoms with E-state index in [1.165, 1.54) is 5.56 Å². The maximum atomic E-state index is 9.60. The van der Waals surface area contributed by atoms with Crippen LogP contribution < -0.4 is 5.32 Å². The SMILES string of the molecule is Cc1c(C(C)NC2CCC(O)CC2)cnn1-c1ccccn1. The molecule has 2 heterocycles. The predicted octanol–water partition coefficient (Wildman–Crippen LogP) is 2.53. The molecule has 1 saturated carbocycles. The zero-order chi connectivity index (χ0) is 15.5. The van der Waals surface area contributed by atoms with Gasteiger partial charge in [-0.2, -0.15) is 5.10 Å². The van der Waals surface area contributed by atoms with Crippen LogP contribution in [0, 0.1) is 6.92 Å². The lowest BCUT2D eigenvalue weighted by molar-refractivity contribution is 0.114. The molecule has 2 aromatic rings. The Morgan fingerprint density at radius 1 is 1.27 bits per heavy atom. The summed E-state index contributed by atoms with van der Waals surface area (Å²) in [5, 5.41) is 17.8. The molecule has 5 nitrogen and oxygen atoms in total. The second-order valence-corrected chi connectivity index (χ2v) is 6.18. The van der Waals surface area contributed by atoms with Gasteiger partial charge in [0.15, 0.2) is 5.82 Å². The first-order chi connectivity index (χ1) is 10.6. The Morgan fingerprint density at radius 3 is 2.73 bits per heavy atom. The first-order valence-electron chi connectivity index (χ1n) is 8.05. The smallest absolute Gasteiger partial charge is 0.153 e. The van der Waals surface area contributed by atoms with Gasteiger partial charge >= 0.3 is 0 Å². The van der Waals surface area contributed by atoms with E-state index in [2.05, 4.69) is 29.2 Å². The fourth-order valence-electron chi connectivity index (χ4n) is 3.24. The second kappa shape index (κ2) is 6.58. The Kier molecular flexibility index (Phi) is 4.55. The van der Waals surface area contributed by atoms with E-state index in [-0.39, 0.29) is 12.1 Å². The summed E-state index contributed by atoms with van der Waals surface area (Å²) in [5.41, 5.74) is 2.33. The van der Waals surface area contributed by atoms with Crippen molar-refractivity contribution in [1.82, 2.24) is 20.1 Å². The van der Waals surface area contributed by atoms with Crippen LogP contribution in [0.5, 0.6) is 0 Å². The zero-order valence-corrected chi connectivity index (χ0v) is 13.2. The van der Waals surface area contributed by atoms with Crippen molar-refractivity contribution >= 4 is 0 Å². The third-order valence-corrected chi connectivity index (χ3v) is 4.56. The van der Waals surface area contributed by atoms with Crippen LogP contribution in [0.3, 0.4) is 0 Å². The van der Waals surface area contributed by atoms with Crippen LogP contribution in [0.15, 0.2) is 30.6 Å². The van der Waals surface area contributed by atoms with Crippen molar-refractivity contribution in [2.45, 2.75) is 57.7 Å². The van der Waals surface area contributed by atoms with Crippen molar-refractivity contribution in [2.24, 2.45) is 0 Å². The summed E-state index contributed by atoms with van der Waals surface area (Å²) in [6.45, 7) is 4.26. The average Bonchev–Trinajstić information content (AvgIpc) is 2.92. The summed E-state index contributed by atoms with van der Waals surface area (Å²) in [5.74, 6) is 0.847. The van der Waals surface area contributed by atoms with E-state index in [0.717, 1.165) is 37.2 Å². The fraction of sp³-hybridized carbons (Fsp3) is 0.529. The number of pyridine rings is 1. The Bertz CT molecular complexity index is 602. The minimum absolute atomic E-state index is 0.109.